The Bertz CT molecular complexity index is 814. The zero-order valence-electron chi connectivity index (χ0n) is 15.5. The van der Waals surface area contributed by atoms with E-state index in [2.05, 4.69) is 0 Å². The Morgan fingerprint density at radius 3 is 2.19 bits per heavy atom. The van der Waals surface area contributed by atoms with Crippen molar-refractivity contribution in [3.63, 3.8) is 0 Å². The lowest BCUT2D eigenvalue weighted by molar-refractivity contribution is -0.139. The molecule has 0 saturated carbocycles. The standard InChI is InChI=1S/C21H23FN2O3/c1-15-7-9-17(10-8-15)27-16(2)20(25)23-11-13-24(14-12-23)21(26)18-5-3-4-6-19(18)22/h3-10,16H,11-14H2,1-2H3/t16-/m0/s1. The number of aryl methyl sites for hydroxylation is 1. The number of piperazine rings is 1. The Morgan fingerprint density at radius 2 is 1.56 bits per heavy atom. The van der Waals surface area contributed by atoms with E-state index in [1.54, 1.807) is 28.9 Å². The summed E-state index contributed by atoms with van der Waals surface area (Å²) in [4.78, 5) is 28.3. The molecule has 3 rings (SSSR count). The van der Waals surface area contributed by atoms with Gasteiger partial charge in [-0.15, -0.1) is 0 Å². The van der Waals surface area contributed by atoms with Gasteiger partial charge in [-0.05, 0) is 38.1 Å². The number of carbonyl (C=O) groups is 2. The van der Waals surface area contributed by atoms with Crippen molar-refractivity contribution in [2.75, 3.05) is 26.2 Å². The molecule has 0 aromatic heterocycles. The Balaban J connectivity index is 1.55. The van der Waals surface area contributed by atoms with E-state index in [0.717, 1.165) is 5.56 Å². The summed E-state index contributed by atoms with van der Waals surface area (Å²) in [7, 11) is 0. The molecule has 0 spiro atoms. The van der Waals surface area contributed by atoms with Crippen LogP contribution in [0, 0.1) is 12.7 Å². The van der Waals surface area contributed by atoms with Crippen molar-refractivity contribution in [2.24, 2.45) is 0 Å². The van der Waals surface area contributed by atoms with Crippen molar-refractivity contribution in [1.29, 1.82) is 0 Å². The smallest absolute Gasteiger partial charge is 0.263 e. The molecule has 2 aromatic carbocycles. The third-order valence-electron chi connectivity index (χ3n) is 4.66. The number of hydrogen-bond donors (Lipinski definition) is 0. The van der Waals surface area contributed by atoms with Gasteiger partial charge in [-0.3, -0.25) is 9.59 Å². The van der Waals surface area contributed by atoms with Gasteiger partial charge >= 0.3 is 0 Å². The number of carbonyl (C=O) groups excluding carboxylic acids is 2. The van der Waals surface area contributed by atoms with E-state index in [9.17, 15) is 14.0 Å². The molecule has 5 nitrogen and oxygen atoms in total. The van der Waals surface area contributed by atoms with Crippen LogP contribution in [0.1, 0.15) is 22.8 Å². The fourth-order valence-electron chi connectivity index (χ4n) is 3.06. The minimum absolute atomic E-state index is 0.0633. The van der Waals surface area contributed by atoms with Crippen molar-refractivity contribution in [3.05, 3.63) is 65.5 Å². The van der Waals surface area contributed by atoms with Crippen LogP contribution in [-0.4, -0.2) is 53.9 Å². The first-order chi connectivity index (χ1) is 13.0. The van der Waals surface area contributed by atoms with Gasteiger partial charge in [0.05, 0.1) is 5.56 Å². The van der Waals surface area contributed by atoms with Crippen LogP contribution in [0.4, 0.5) is 4.39 Å². The predicted octanol–water partition coefficient (Wildman–Crippen LogP) is 2.89. The van der Waals surface area contributed by atoms with Gasteiger partial charge in [0.1, 0.15) is 11.6 Å². The third kappa shape index (κ3) is 4.45. The normalized spacial score (nSPS) is 15.4. The summed E-state index contributed by atoms with van der Waals surface area (Å²) < 4.78 is 19.5. The van der Waals surface area contributed by atoms with E-state index in [-0.39, 0.29) is 17.4 Å². The SMILES string of the molecule is Cc1ccc(O[C@@H](C)C(=O)N2CCN(C(=O)c3ccccc3F)CC2)cc1. The molecule has 2 aromatic rings. The largest absolute Gasteiger partial charge is 0.481 e. The number of nitrogens with zero attached hydrogens (tertiary/aromatic N) is 2. The number of amides is 2. The summed E-state index contributed by atoms with van der Waals surface area (Å²) >= 11 is 0. The average molecular weight is 370 g/mol. The summed E-state index contributed by atoms with van der Waals surface area (Å²) in [6.07, 6.45) is -0.610. The van der Waals surface area contributed by atoms with Crippen LogP contribution in [0.15, 0.2) is 48.5 Å². The molecule has 0 radical (unpaired) electrons. The maximum Gasteiger partial charge on any atom is 0.263 e. The minimum atomic E-state index is -0.610. The number of rotatable bonds is 4. The summed E-state index contributed by atoms with van der Waals surface area (Å²) in [6.45, 7) is 5.26. The van der Waals surface area contributed by atoms with Crippen molar-refractivity contribution in [2.45, 2.75) is 20.0 Å². The monoisotopic (exact) mass is 370 g/mol. The molecule has 142 valence electrons. The summed E-state index contributed by atoms with van der Waals surface area (Å²) in [5.74, 6) is -0.339. The first kappa shape index (κ1) is 18.9. The van der Waals surface area contributed by atoms with Crippen LogP contribution in [0.2, 0.25) is 0 Å². The molecule has 2 amide bonds. The molecule has 1 heterocycles. The fraction of sp³-hybridized carbons (Fsp3) is 0.333. The van der Waals surface area contributed by atoms with Crippen molar-refractivity contribution >= 4 is 11.8 Å². The molecule has 0 bridgehead atoms. The molecule has 6 heteroatoms. The van der Waals surface area contributed by atoms with E-state index in [4.69, 9.17) is 4.74 Å². The van der Waals surface area contributed by atoms with Crippen LogP contribution in [0.25, 0.3) is 0 Å². The van der Waals surface area contributed by atoms with Crippen LogP contribution >= 0.6 is 0 Å². The average Bonchev–Trinajstić information content (AvgIpc) is 2.69. The number of halogens is 1. The molecule has 1 atom stereocenters. The summed E-state index contributed by atoms with van der Waals surface area (Å²) in [5.41, 5.74) is 1.19. The Kier molecular flexibility index (Phi) is 5.74. The number of ether oxygens (including phenoxy) is 1. The highest BCUT2D eigenvalue weighted by atomic mass is 19.1. The molecular weight excluding hydrogens is 347 g/mol. The number of benzene rings is 2. The lowest BCUT2D eigenvalue weighted by atomic mass is 10.1. The second kappa shape index (κ2) is 8.20. The summed E-state index contributed by atoms with van der Waals surface area (Å²) in [5, 5.41) is 0. The van der Waals surface area contributed by atoms with Gasteiger partial charge in [-0.2, -0.15) is 0 Å². The van der Waals surface area contributed by atoms with Crippen LogP contribution in [0.3, 0.4) is 0 Å². The first-order valence-electron chi connectivity index (χ1n) is 9.01. The van der Waals surface area contributed by atoms with E-state index >= 15 is 0 Å². The van der Waals surface area contributed by atoms with Crippen molar-refractivity contribution in [1.82, 2.24) is 9.80 Å². The van der Waals surface area contributed by atoms with E-state index in [1.165, 1.54) is 12.1 Å². The second-order valence-corrected chi connectivity index (χ2v) is 6.67. The quantitative estimate of drug-likeness (QED) is 0.832. The van der Waals surface area contributed by atoms with Gasteiger partial charge < -0.3 is 14.5 Å². The van der Waals surface area contributed by atoms with Crippen LogP contribution in [0.5, 0.6) is 5.75 Å². The fourth-order valence-corrected chi connectivity index (χ4v) is 3.06. The molecule has 0 aliphatic carbocycles. The summed E-state index contributed by atoms with van der Waals surface area (Å²) in [6, 6.07) is 13.5. The minimum Gasteiger partial charge on any atom is -0.481 e. The van der Waals surface area contributed by atoms with Gasteiger partial charge in [0.2, 0.25) is 0 Å². The van der Waals surface area contributed by atoms with E-state index in [1.807, 2.05) is 31.2 Å². The highest BCUT2D eigenvalue weighted by Crippen LogP contribution is 2.16. The molecule has 0 N–H and O–H groups in total. The zero-order chi connectivity index (χ0) is 19.4. The first-order valence-corrected chi connectivity index (χ1v) is 9.01. The zero-order valence-corrected chi connectivity index (χ0v) is 15.5. The van der Waals surface area contributed by atoms with Gasteiger partial charge in [0.15, 0.2) is 6.10 Å². The predicted molar refractivity (Wildman–Crippen MR) is 100 cm³/mol. The van der Waals surface area contributed by atoms with Crippen molar-refractivity contribution < 1.29 is 18.7 Å². The van der Waals surface area contributed by atoms with E-state index < -0.39 is 11.9 Å². The molecule has 0 unspecified atom stereocenters. The van der Waals surface area contributed by atoms with Gasteiger partial charge in [0, 0.05) is 26.2 Å². The highest BCUT2D eigenvalue weighted by molar-refractivity contribution is 5.94. The van der Waals surface area contributed by atoms with Gasteiger partial charge in [0.25, 0.3) is 11.8 Å². The van der Waals surface area contributed by atoms with Crippen molar-refractivity contribution in [3.8, 4) is 5.75 Å². The maximum atomic E-state index is 13.8. The van der Waals surface area contributed by atoms with Gasteiger partial charge in [-0.1, -0.05) is 29.8 Å². The molecule has 1 fully saturated rings. The molecule has 1 aliphatic heterocycles. The van der Waals surface area contributed by atoms with E-state index in [0.29, 0.717) is 31.9 Å². The third-order valence-corrected chi connectivity index (χ3v) is 4.66. The van der Waals surface area contributed by atoms with Crippen LogP contribution in [-0.2, 0) is 4.79 Å². The number of hydrogen-bond acceptors (Lipinski definition) is 3. The molecule has 1 saturated heterocycles. The molecule has 27 heavy (non-hydrogen) atoms. The maximum absolute atomic E-state index is 13.8. The second-order valence-electron chi connectivity index (χ2n) is 6.67. The Morgan fingerprint density at radius 1 is 0.963 bits per heavy atom. The Hall–Kier alpha value is -2.89. The molecular formula is C21H23FN2O3. The topological polar surface area (TPSA) is 49.9 Å². The lowest BCUT2D eigenvalue weighted by Crippen LogP contribution is -2.53. The molecule has 1 aliphatic rings. The van der Waals surface area contributed by atoms with Gasteiger partial charge in [-0.25, -0.2) is 4.39 Å². The van der Waals surface area contributed by atoms with Crippen LogP contribution < -0.4 is 4.74 Å². The lowest BCUT2D eigenvalue weighted by Gasteiger charge is -2.36. The Labute approximate surface area is 158 Å². The highest BCUT2D eigenvalue weighted by Gasteiger charge is 2.29.